The average Bonchev–Trinajstić information content (AvgIpc) is 2.96. The lowest BCUT2D eigenvalue weighted by Gasteiger charge is -2.23. The first-order valence-electron chi connectivity index (χ1n) is 6.28. The molecule has 1 aromatic rings. The Hall–Kier alpha value is -0.870. The van der Waals surface area contributed by atoms with Gasteiger partial charge in [-0.3, -0.25) is 9.58 Å². The molecular weight excluding hydrogens is 200 g/mol. The molecule has 2 rings (SSSR count). The minimum absolute atomic E-state index is 0.667. The molecule has 4 heteroatoms. The predicted molar refractivity (Wildman–Crippen MR) is 65.4 cm³/mol. The molecule has 0 amide bonds. The summed E-state index contributed by atoms with van der Waals surface area (Å²) in [5.41, 5.74) is 0. The van der Waals surface area contributed by atoms with Crippen LogP contribution in [0.25, 0.3) is 0 Å². The lowest BCUT2D eigenvalue weighted by Crippen LogP contribution is -2.39. The molecule has 0 radical (unpaired) electrons. The van der Waals surface area contributed by atoms with Gasteiger partial charge in [0, 0.05) is 31.5 Å². The molecule has 1 fully saturated rings. The first-order chi connectivity index (χ1) is 7.86. The van der Waals surface area contributed by atoms with Crippen molar-refractivity contribution >= 4 is 0 Å². The molecule has 0 aromatic carbocycles. The third kappa shape index (κ3) is 3.32. The van der Waals surface area contributed by atoms with Crippen molar-refractivity contribution in [1.82, 2.24) is 20.0 Å². The van der Waals surface area contributed by atoms with Gasteiger partial charge in [-0.1, -0.05) is 0 Å². The number of nitrogens with zero attached hydrogens (tertiary/aromatic N) is 3. The van der Waals surface area contributed by atoms with E-state index >= 15 is 0 Å². The molecule has 0 aliphatic carbocycles. The Bertz CT molecular complexity index is 277. The Morgan fingerprint density at radius 2 is 2.19 bits per heavy atom. The van der Waals surface area contributed by atoms with Crippen LogP contribution in [0.2, 0.25) is 0 Å². The van der Waals surface area contributed by atoms with Crippen LogP contribution in [0.3, 0.4) is 0 Å². The molecule has 1 saturated heterocycles. The fourth-order valence-electron chi connectivity index (χ4n) is 2.25. The van der Waals surface area contributed by atoms with Crippen molar-refractivity contribution in [3.8, 4) is 0 Å². The summed E-state index contributed by atoms with van der Waals surface area (Å²) in [5, 5.41) is 7.67. The maximum atomic E-state index is 4.18. The third-order valence-corrected chi connectivity index (χ3v) is 3.28. The number of hydrogen-bond donors (Lipinski definition) is 1. The Labute approximate surface area is 97.6 Å². The van der Waals surface area contributed by atoms with Gasteiger partial charge in [0.1, 0.15) is 0 Å². The molecule has 0 bridgehead atoms. The Balaban J connectivity index is 1.57. The van der Waals surface area contributed by atoms with E-state index in [-0.39, 0.29) is 0 Å². The molecule has 1 aromatic heterocycles. The predicted octanol–water partition coefficient (Wildman–Crippen LogP) is 0.957. The second-order valence-corrected chi connectivity index (χ2v) is 4.57. The summed E-state index contributed by atoms with van der Waals surface area (Å²) in [6.07, 6.45) is 6.58. The summed E-state index contributed by atoms with van der Waals surface area (Å²) in [7, 11) is 0. The van der Waals surface area contributed by atoms with Crippen LogP contribution in [-0.4, -0.2) is 46.9 Å². The van der Waals surface area contributed by atoms with Crippen molar-refractivity contribution in [2.45, 2.75) is 32.4 Å². The summed E-state index contributed by atoms with van der Waals surface area (Å²) in [4.78, 5) is 2.57. The quantitative estimate of drug-likeness (QED) is 0.728. The van der Waals surface area contributed by atoms with E-state index in [1.165, 1.54) is 25.9 Å². The van der Waals surface area contributed by atoms with Gasteiger partial charge in [0.2, 0.25) is 0 Å². The van der Waals surface area contributed by atoms with E-state index in [4.69, 9.17) is 0 Å². The van der Waals surface area contributed by atoms with E-state index < -0.39 is 0 Å². The molecule has 16 heavy (non-hydrogen) atoms. The highest BCUT2D eigenvalue weighted by Gasteiger charge is 2.16. The van der Waals surface area contributed by atoms with Gasteiger partial charge >= 0.3 is 0 Å². The number of likely N-dealkylation sites (tertiary alicyclic amines) is 1. The molecule has 1 aliphatic rings. The van der Waals surface area contributed by atoms with Crippen molar-refractivity contribution in [1.29, 1.82) is 0 Å². The van der Waals surface area contributed by atoms with Crippen molar-refractivity contribution in [2.75, 3.05) is 26.2 Å². The Kier molecular flexibility index (Phi) is 4.36. The van der Waals surface area contributed by atoms with E-state index in [0.29, 0.717) is 6.04 Å². The second kappa shape index (κ2) is 6.01. The first kappa shape index (κ1) is 11.6. The van der Waals surface area contributed by atoms with Crippen LogP contribution in [0.15, 0.2) is 18.5 Å². The monoisotopic (exact) mass is 222 g/mol. The van der Waals surface area contributed by atoms with Gasteiger partial charge in [0.15, 0.2) is 0 Å². The normalized spacial score (nSPS) is 19.1. The van der Waals surface area contributed by atoms with Crippen molar-refractivity contribution < 1.29 is 0 Å². The molecule has 1 N–H and O–H groups in total. The zero-order valence-corrected chi connectivity index (χ0v) is 10.1. The third-order valence-electron chi connectivity index (χ3n) is 3.28. The molecular formula is C12H22N4. The van der Waals surface area contributed by atoms with Crippen molar-refractivity contribution in [3.63, 3.8) is 0 Å². The fraction of sp³-hybridized carbons (Fsp3) is 0.750. The standard InChI is InChI=1S/C12H22N4/c1-12(15-7-2-3-8-15)11-13-6-10-16-9-4-5-14-16/h4-5,9,12-13H,2-3,6-8,10-11H2,1H3. The Morgan fingerprint density at radius 3 is 2.88 bits per heavy atom. The smallest absolute Gasteiger partial charge is 0.0533 e. The summed E-state index contributed by atoms with van der Waals surface area (Å²) >= 11 is 0. The molecule has 90 valence electrons. The second-order valence-electron chi connectivity index (χ2n) is 4.57. The zero-order chi connectivity index (χ0) is 11.2. The highest BCUT2D eigenvalue weighted by atomic mass is 15.3. The van der Waals surface area contributed by atoms with E-state index in [1.807, 2.05) is 23.1 Å². The molecule has 4 nitrogen and oxygen atoms in total. The van der Waals surface area contributed by atoms with Crippen LogP contribution in [0.5, 0.6) is 0 Å². The number of hydrogen-bond acceptors (Lipinski definition) is 3. The van der Waals surface area contributed by atoms with Crippen LogP contribution >= 0.6 is 0 Å². The summed E-state index contributed by atoms with van der Waals surface area (Å²) < 4.78 is 1.97. The minimum atomic E-state index is 0.667. The van der Waals surface area contributed by atoms with E-state index in [9.17, 15) is 0 Å². The van der Waals surface area contributed by atoms with Crippen molar-refractivity contribution in [2.24, 2.45) is 0 Å². The van der Waals surface area contributed by atoms with E-state index in [1.54, 1.807) is 0 Å². The summed E-state index contributed by atoms with van der Waals surface area (Å²) in [5.74, 6) is 0. The lowest BCUT2D eigenvalue weighted by molar-refractivity contribution is 0.251. The van der Waals surface area contributed by atoms with Gasteiger partial charge in [0.25, 0.3) is 0 Å². The molecule has 1 unspecified atom stereocenters. The molecule has 1 atom stereocenters. The van der Waals surface area contributed by atoms with E-state index in [2.05, 4.69) is 22.2 Å². The van der Waals surface area contributed by atoms with Crippen LogP contribution in [0.4, 0.5) is 0 Å². The zero-order valence-electron chi connectivity index (χ0n) is 10.1. The van der Waals surface area contributed by atoms with Gasteiger partial charge in [-0.25, -0.2) is 0 Å². The molecule has 0 spiro atoms. The lowest BCUT2D eigenvalue weighted by atomic mass is 10.3. The molecule has 0 saturated carbocycles. The number of rotatable bonds is 6. The van der Waals surface area contributed by atoms with Crippen molar-refractivity contribution in [3.05, 3.63) is 18.5 Å². The maximum absolute atomic E-state index is 4.18. The first-order valence-corrected chi connectivity index (χ1v) is 6.28. The number of aromatic nitrogens is 2. The number of nitrogens with one attached hydrogen (secondary N) is 1. The average molecular weight is 222 g/mol. The Morgan fingerprint density at radius 1 is 1.38 bits per heavy atom. The van der Waals surface area contributed by atoms with Crippen LogP contribution in [-0.2, 0) is 6.54 Å². The maximum Gasteiger partial charge on any atom is 0.0533 e. The largest absolute Gasteiger partial charge is 0.313 e. The highest BCUT2D eigenvalue weighted by Crippen LogP contribution is 2.10. The van der Waals surface area contributed by atoms with Crippen LogP contribution in [0.1, 0.15) is 19.8 Å². The van der Waals surface area contributed by atoms with Gasteiger partial charge in [0.05, 0.1) is 6.54 Å². The minimum Gasteiger partial charge on any atom is -0.313 e. The SMILES string of the molecule is CC(CNCCn1cccn1)N1CCCC1. The highest BCUT2D eigenvalue weighted by molar-refractivity contribution is 4.78. The molecule has 1 aliphatic heterocycles. The van der Waals surface area contributed by atoms with Crippen LogP contribution < -0.4 is 5.32 Å². The fourth-order valence-corrected chi connectivity index (χ4v) is 2.25. The summed E-state index contributed by atoms with van der Waals surface area (Å²) in [6.45, 7) is 7.91. The summed E-state index contributed by atoms with van der Waals surface area (Å²) in [6, 6.07) is 2.63. The topological polar surface area (TPSA) is 33.1 Å². The molecule has 2 heterocycles. The van der Waals surface area contributed by atoms with Gasteiger partial charge in [-0.2, -0.15) is 5.10 Å². The van der Waals surface area contributed by atoms with Crippen LogP contribution in [0, 0.1) is 0 Å². The van der Waals surface area contributed by atoms with Gasteiger partial charge in [-0.15, -0.1) is 0 Å². The van der Waals surface area contributed by atoms with Gasteiger partial charge < -0.3 is 5.32 Å². The van der Waals surface area contributed by atoms with Gasteiger partial charge in [-0.05, 0) is 38.9 Å². The van der Waals surface area contributed by atoms with E-state index in [0.717, 1.165) is 19.6 Å².